The molecular formula is C12H22O. The molecule has 4 atom stereocenters. The van der Waals surface area contributed by atoms with Gasteiger partial charge in [-0.25, -0.2) is 0 Å². The number of allylic oxidation sites excluding steroid dienone is 2. The fourth-order valence-electron chi connectivity index (χ4n) is 2.05. The molecule has 1 nitrogen and oxygen atoms in total. The Labute approximate surface area is 82.2 Å². The molecule has 0 bridgehead atoms. The molecule has 3 unspecified atom stereocenters. The molecule has 0 aromatic heterocycles. The van der Waals surface area contributed by atoms with E-state index in [2.05, 4.69) is 40.7 Å². The van der Waals surface area contributed by atoms with Crippen LogP contribution in [0.15, 0.2) is 11.8 Å². The molecule has 0 fully saturated rings. The average molecular weight is 182 g/mol. The first-order valence-corrected chi connectivity index (χ1v) is 5.41. The van der Waals surface area contributed by atoms with Crippen LogP contribution in [-0.4, -0.2) is 6.10 Å². The minimum absolute atomic E-state index is 0.421. The molecule has 1 heterocycles. The van der Waals surface area contributed by atoms with Gasteiger partial charge in [0.1, 0.15) is 6.10 Å². The van der Waals surface area contributed by atoms with Gasteiger partial charge in [0.05, 0.1) is 5.76 Å². The van der Waals surface area contributed by atoms with Crippen LogP contribution in [0, 0.1) is 17.8 Å². The molecule has 0 aromatic rings. The average Bonchev–Trinajstić information content (AvgIpc) is 2.10. The summed E-state index contributed by atoms with van der Waals surface area (Å²) >= 11 is 0. The van der Waals surface area contributed by atoms with Gasteiger partial charge in [0.2, 0.25) is 0 Å². The lowest BCUT2D eigenvalue weighted by atomic mass is 9.81. The maximum atomic E-state index is 5.88. The van der Waals surface area contributed by atoms with Gasteiger partial charge >= 0.3 is 0 Å². The van der Waals surface area contributed by atoms with Crippen LogP contribution in [-0.2, 0) is 4.74 Å². The molecule has 1 rings (SSSR count). The second-order valence-electron chi connectivity index (χ2n) is 4.46. The Morgan fingerprint density at radius 2 is 2.08 bits per heavy atom. The maximum Gasteiger partial charge on any atom is 0.104 e. The van der Waals surface area contributed by atoms with Crippen LogP contribution in [0.5, 0.6) is 0 Å². The molecule has 1 aliphatic rings. The Hall–Kier alpha value is -0.460. The van der Waals surface area contributed by atoms with Crippen molar-refractivity contribution in [1.29, 1.82) is 0 Å². The van der Waals surface area contributed by atoms with Gasteiger partial charge in [0, 0.05) is 0 Å². The van der Waals surface area contributed by atoms with Crippen LogP contribution in [0.1, 0.15) is 41.0 Å². The number of ether oxygens (including phenoxy) is 1. The quantitative estimate of drug-likeness (QED) is 0.634. The molecule has 13 heavy (non-hydrogen) atoms. The van der Waals surface area contributed by atoms with Gasteiger partial charge in [0.15, 0.2) is 0 Å². The van der Waals surface area contributed by atoms with Gasteiger partial charge in [-0.1, -0.05) is 34.1 Å². The fourth-order valence-corrected chi connectivity index (χ4v) is 2.05. The second kappa shape index (κ2) is 4.17. The number of rotatable bonds is 2. The van der Waals surface area contributed by atoms with Crippen LogP contribution in [0.25, 0.3) is 0 Å². The van der Waals surface area contributed by atoms with Crippen LogP contribution in [0.3, 0.4) is 0 Å². The molecule has 0 aliphatic carbocycles. The Kier molecular flexibility index (Phi) is 3.40. The van der Waals surface area contributed by atoms with E-state index in [9.17, 15) is 0 Å². The zero-order chi connectivity index (χ0) is 10.0. The summed E-state index contributed by atoms with van der Waals surface area (Å²) in [6, 6.07) is 0. The lowest BCUT2D eigenvalue weighted by Crippen LogP contribution is -2.34. The third-order valence-electron chi connectivity index (χ3n) is 3.37. The van der Waals surface area contributed by atoms with Crippen molar-refractivity contribution in [3.8, 4) is 0 Å². The number of hydrogen-bond donors (Lipinski definition) is 0. The van der Waals surface area contributed by atoms with E-state index < -0.39 is 0 Å². The monoisotopic (exact) mass is 182 g/mol. The van der Waals surface area contributed by atoms with Crippen molar-refractivity contribution < 1.29 is 4.74 Å². The highest BCUT2D eigenvalue weighted by Gasteiger charge is 2.30. The van der Waals surface area contributed by atoms with E-state index in [4.69, 9.17) is 4.74 Å². The minimum Gasteiger partial charge on any atom is -0.495 e. The normalized spacial score (nSPS) is 36.4. The summed E-state index contributed by atoms with van der Waals surface area (Å²) in [5.74, 6) is 3.09. The maximum absolute atomic E-state index is 5.88. The van der Waals surface area contributed by atoms with E-state index in [0.717, 1.165) is 5.76 Å². The Morgan fingerprint density at radius 3 is 2.62 bits per heavy atom. The molecule has 0 N–H and O–H groups in total. The van der Waals surface area contributed by atoms with Crippen molar-refractivity contribution in [2.75, 3.05) is 0 Å². The van der Waals surface area contributed by atoms with Crippen molar-refractivity contribution in [2.24, 2.45) is 17.8 Å². The predicted molar refractivity (Wildman–Crippen MR) is 56.4 cm³/mol. The van der Waals surface area contributed by atoms with Crippen molar-refractivity contribution >= 4 is 0 Å². The number of hydrogen-bond acceptors (Lipinski definition) is 1. The first-order chi connectivity index (χ1) is 6.06. The molecule has 0 aromatic carbocycles. The SMILES string of the molecule is CCC(C)C1OC(C)=C[C@@H](C)C1C. The highest BCUT2D eigenvalue weighted by atomic mass is 16.5. The van der Waals surface area contributed by atoms with Crippen molar-refractivity contribution in [3.63, 3.8) is 0 Å². The highest BCUT2D eigenvalue weighted by Crippen LogP contribution is 2.32. The summed E-state index contributed by atoms with van der Waals surface area (Å²) in [7, 11) is 0. The second-order valence-corrected chi connectivity index (χ2v) is 4.46. The zero-order valence-electron chi connectivity index (χ0n) is 9.50. The molecule has 0 saturated heterocycles. The van der Waals surface area contributed by atoms with E-state index in [1.165, 1.54) is 6.42 Å². The largest absolute Gasteiger partial charge is 0.495 e. The Morgan fingerprint density at radius 1 is 1.46 bits per heavy atom. The van der Waals surface area contributed by atoms with E-state index in [-0.39, 0.29) is 0 Å². The van der Waals surface area contributed by atoms with E-state index in [0.29, 0.717) is 23.9 Å². The van der Waals surface area contributed by atoms with E-state index in [1.807, 2.05) is 0 Å². The van der Waals surface area contributed by atoms with Gasteiger partial charge < -0.3 is 4.74 Å². The summed E-state index contributed by atoms with van der Waals surface area (Å²) in [6.07, 6.45) is 3.86. The van der Waals surface area contributed by atoms with Gasteiger partial charge in [-0.15, -0.1) is 0 Å². The van der Waals surface area contributed by atoms with E-state index >= 15 is 0 Å². The third-order valence-corrected chi connectivity index (χ3v) is 3.37. The van der Waals surface area contributed by atoms with Crippen molar-refractivity contribution in [1.82, 2.24) is 0 Å². The molecule has 1 aliphatic heterocycles. The third kappa shape index (κ3) is 2.26. The van der Waals surface area contributed by atoms with Crippen molar-refractivity contribution in [2.45, 2.75) is 47.1 Å². The minimum atomic E-state index is 0.421. The molecule has 0 radical (unpaired) electrons. The predicted octanol–water partition coefficient (Wildman–Crippen LogP) is 3.61. The smallest absolute Gasteiger partial charge is 0.104 e. The first kappa shape index (κ1) is 10.6. The van der Waals surface area contributed by atoms with E-state index in [1.54, 1.807) is 0 Å². The molecule has 0 spiro atoms. The Bertz CT molecular complexity index is 195. The molecule has 0 saturated carbocycles. The molecular weight excluding hydrogens is 160 g/mol. The van der Waals surface area contributed by atoms with Gasteiger partial charge in [-0.2, -0.15) is 0 Å². The fraction of sp³-hybridized carbons (Fsp3) is 0.833. The highest BCUT2D eigenvalue weighted by molar-refractivity contribution is 5.01. The molecule has 0 amide bonds. The van der Waals surface area contributed by atoms with Crippen LogP contribution >= 0.6 is 0 Å². The summed E-state index contributed by atoms with van der Waals surface area (Å²) in [5, 5.41) is 0. The first-order valence-electron chi connectivity index (χ1n) is 5.41. The summed E-state index contributed by atoms with van der Waals surface area (Å²) < 4.78 is 5.88. The lowest BCUT2D eigenvalue weighted by Gasteiger charge is -2.36. The van der Waals surface area contributed by atoms with Crippen LogP contribution in [0.2, 0.25) is 0 Å². The van der Waals surface area contributed by atoms with Crippen LogP contribution < -0.4 is 0 Å². The lowest BCUT2D eigenvalue weighted by molar-refractivity contribution is -0.00159. The standard InChI is InChI=1S/C12H22O/c1-6-8(2)12-11(5)9(3)7-10(4)13-12/h7-9,11-12H,6H2,1-5H3/t8?,9-,11?,12?/m1/s1. The van der Waals surface area contributed by atoms with Crippen LogP contribution in [0.4, 0.5) is 0 Å². The zero-order valence-corrected chi connectivity index (χ0v) is 9.50. The molecule has 76 valence electrons. The summed E-state index contributed by atoms with van der Waals surface area (Å²) in [4.78, 5) is 0. The van der Waals surface area contributed by atoms with Crippen molar-refractivity contribution in [3.05, 3.63) is 11.8 Å². The van der Waals surface area contributed by atoms with Gasteiger partial charge in [-0.05, 0) is 30.8 Å². The Balaban J connectivity index is 2.71. The van der Waals surface area contributed by atoms with Gasteiger partial charge in [0.25, 0.3) is 0 Å². The topological polar surface area (TPSA) is 9.23 Å². The van der Waals surface area contributed by atoms with Gasteiger partial charge in [-0.3, -0.25) is 0 Å². The summed E-state index contributed by atoms with van der Waals surface area (Å²) in [5.41, 5.74) is 0. The summed E-state index contributed by atoms with van der Waals surface area (Å²) in [6.45, 7) is 11.2. The molecule has 1 heteroatoms.